The van der Waals surface area contributed by atoms with E-state index < -0.39 is 0 Å². The average Bonchev–Trinajstić information content (AvgIpc) is 3.15. The van der Waals surface area contributed by atoms with Crippen molar-refractivity contribution in [2.75, 3.05) is 38.7 Å². The summed E-state index contributed by atoms with van der Waals surface area (Å²) in [5, 5.41) is 4.95. The van der Waals surface area contributed by atoms with Crippen molar-refractivity contribution in [3.63, 3.8) is 0 Å². The molecule has 1 aromatic carbocycles. The molecule has 2 heterocycles. The summed E-state index contributed by atoms with van der Waals surface area (Å²) in [7, 11) is 1.73. The highest BCUT2D eigenvalue weighted by molar-refractivity contribution is 5.89. The van der Waals surface area contributed by atoms with Crippen LogP contribution in [0.1, 0.15) is 56.6 Å². The number of aryl methyl sites for hydroxylation is 1. The molecule has 1 N–H and O–H groups in total. The molecule has 0 spiro atoms. The van der Waals surface area contributed by atoms with Gasteiger partial charge >= 0.3 is 0 Å². The van der Waals surface area contributed by atoms with Crippen LogP contribution in [0.2, 0.25) is 0 Å². The molecule has 1 saturated carbocycles. The number of benzene rings is 1. The SMILES string of the molecule is COc1cc2c3c(c(NC4(C)CC4)nc2cc1OCCCN1CCCC1)CCC3. The molecule has 5 nitrogen and oxygen atoms in total. The van der Waals surface area contributed by atoms with Crippen LogP contribution in [0.4, 0.5) is 5.82 Å². The number of aromatic nitrogens is 1. The van der Waals surface area contributed by atoms with Crippen molar-refractivity contribution in [2.45, 2.75) is 63.8 Å². The zero-order valence-corrected chi connectivity index (χ0v) is 17.9. The summed E-state index contributed by atoms with van der Waals surface area (Å²) in [6.07, 6.45) is 9.63. The minimum atomic E-state index is 0.235. The van der Waals surface area contributed by atoms with Crippen LogP contribution >= 0.6 is 0 Å². The second-order valence-electron chi connectivity index (χ2n) is 9.23. The molecule has 2 aliphatic carbocycles. The molecule has 1 aliphatic heterocycles. The van der Waals surface area contributed by atoms with Gasteiger partial charge in [0.2, 0.25) is 0 Å². The summed E-state index contributed by atoms with van der Waals surface area (Å²) < 4.78 is 11.8. The molecule has 29 heavy (non-hydrogen) atoms. The first kappa shape index (κ1) is 19.0. The third kappa shape index (κ3) is 3.89. The highest BCUT2D eigenvalue weighted by Crippen LogP contribution is 2.43. The van der Waals surface area contributed by atoms with Gasteiger partial charge in [0.25, 0.3) is 0 Å². The highest BCUT2D eigenvalue weighted by atomic mass is 16.5. The lowest BCUT2D eigenvalue weighted by molar-refractivity contribution is 0.254. The van der Waals surface area contributed by atoms with Crippen molar-refractivity contribution in [1.82, 2.24) is 9.88 Å². The molecule has 2 aromatic rings. The minimum absolute atomic E-state index is 0.235. The predicted molar refractivity (Wildman–Crippen MR) is 117 cm³/mol. The van der Waals surface area contributed by atoms with Crippen LogP contribution in [0.15, 0.2) is 12.1 Å². The molecule has 0 bridgehead atoms. The van der Waals surface area contributed by atoms with E-state index in [1.807, 2.05) is 0 Å². The molecule has 0 radical (unpaired) electrons. The van der Waals surface area contributed by atoms with Gasteiger partial charge in [-0.2, -0.15) is 0 Å². The van der Waals surface area contributed by atoms with E-state index in [2.05, 4.69) is 29.3 Å². The van der Waals surface area contributed by atoms with Crippen molar-refractivity contribution >= 4 is 16.7 Å². The third-order valence-corrected chi connectivity index (χ3v) is 6.84. The lowest BCUT2D eigenvalue weighted by Crippen LogP contribution is -2.22. The maximum absolute atomic E-state index is 6.16. The Hall–Kier alpha value is -2.01. The first-order chi connectivity index (χ1) is 14.1. The average molecular weight is 396 g/mol. The van der Waals surface area contributed by atoms with E-state index in [4.69, 9.17) is 14.5 Å². The number of fused-ring (bicyclic) bond motifs is 3. The standard InChI is InChI=1S/C24H33N3O2/c1-24(9-10-24)26-23-18-8-5-7-17(18)19-15-21(28-2)22(16-20(19)25-23)29-14-6-13-27-11-3-4-12-27/h15-16H,3-14H2,1-2H3,(H,25,26). The molecule has 0 atom stereocenters. The highest BCUT2D eigenvalue weighted by Gasteiger charge is 2.38. The van der Waals surface area contributed by atoms with Crippen molar-refractivity contribution in [1.29, 1.82) is 0 Å². The Morgan fingerprint density at radius 2 is 1.86 bits per heavy atom. The fourth-order valence-corrected chi connectivity index (χ4v) is 4.82. The van der Waals surface area contributed by atoms with Gasteiger partial charge in [0.1, 0.15) is 5.82 Å². The molecular weight excluding hydrogens is 362 g/mol. The molecular formula is C24H33N3O2. The van der Waals surface area contributed by atoms with E-state index in [9.17, 15) is 0 Å². The number of pyridine rings is 1. The molecule has 5 rings (SSSR count). The van der Waals surface area contributed by atoms with Crippen LogP contribution in [-0.2, 0) is 12.8 Å². The lowest BCUT2D eigenvalue weighted by Gasteiger charge is -2.19. The van der Waals surface area contributed by atoms with Crippen LogP contribution in [0.25, 0.3) is 10.9 Å². The Morgan fingerprint density at radius 3 is 2.62 bits per heavy atom. The van der Waals surface area contributed by atoms with Crippen molar-refractivity contribution in [3.05, 3.63) is 23.3 Å². The number of nitrogens with zero attached hydrogens (tertiary/aromatic N) is 2. The summed E-state index contributed by atoms with van der Waals surface area (Å²) in [4.78, 5) is 7.57. The van der Waals surface area contributed by atoms with Crippen molar-refractivity contribution in [2.24, 2.45) is 0 Å². The van der Waals surface area contributed by atoms with Gasteiger partial charge in [0, 0.05) is 23.5 Å². The van der Waals surface area contributed by atoms with Crippen LogP contribution in [-0.4, -0.2) is 48.8 Å². The van der Waals surface area contributed by atoms with Crippen LogP contribution in [0.3, 0.4) is 0 Å². The fraction of sp³-hybridized carbons (Fsp3) is 0.625. The van der Waals surface area contributed by atoms with Crippen LogP contribution in [0, 0.1) is 0 Å². The number of hydrogen-bond acceptors (Lipinski definition) is 5. The zero-order valence-electron chi connectivity index (χ0n) is 17.9. The first-order valence-corrected chi connectivity index (χ1v) is 11.3. The zero-order chi connectivity index (χ0) is 19.8. The summed E-state index contributed by atoms with van der Waals surface area (Å²) in [6.45, 7) is 6.61. The van der Waals surface area contributed by atoms with E-state index in [-0.39, 0.29) is 5.54 Å². The lowest BCUT2D eigenvalue weighted by atomic mass is 10.0. The van der Waals surface area contributed by atoms with Gasteiger partial charge < -0.3 is 19.7 Å². The van der Waals surface area contributed by atoms with Gasteiger partial charge in [0.15, 0.2) is 11.5 Å². The molecule has 1 saturated heterocycles. The molecule has 2 fully saturated rings. The summed E-state index contributed by atoms with van der Waals surface area (Å²) in [5.41, 5.74) is 4.11. The summed E-state index contributed by atoms with van der Waals surface area (Å²) in [5.74, 6) is 2.73. The number of anilines is 1. The van der Waals surface area contributed by atoms with Crippen LogP contribution < -0.4 is 14.8 Å². The molecule has 1 aromatic heterocycles. The van der Waals surface area contributed by atoms with Gasteiger partial charge in [-0.3, -0.25) is 0 Å². The number of hydrogen-bond donors (Lipinski definition) is 1. The smallest absolute Gasteiger partial charge is 0.163 e. The maximum Gasteiger partial charge on any atom is 0.163 e. The molecule has 0 unspecified atom stereocenters. The Morgan fingerprint density at radius 1 is 1.07 bits per heavy atom. The maximum atomic E-state index is 6.16. The largest absolute Gasteiger partial charge is 0.493 e. The van der Waals surface area contributed by atoms with Gasteiger partial charge in [-0.15, -0.1) is 0 Å². The second-order valence-corrected chi connectivity index (χ2v) is 9.23. The second kappa shape index (κ2) is 7.67. The Kier molecular flexibility index (Phi) is 5.02. The van der Waals surface area contributed by atoms with Gasteiger partial charge in [-0.1, -0.05) is 0 Å². The van der Waals surface area contributed by atoms with Crippen molar-refractivity contribution in [3.8, 4) is 11.5 Å². The Labute approximate surface area is 173 Å². The number of ether oxygens (including phenoxy) is 2. The normalized spacial score (nSPS) is 20.1. The van der Waals surface area contributed by atoms with E-state index in [1.165, 1.54) is 61.7 Å². The number of nitrogens with one attached hydrogen (secondary N) is 1. The van der Waals surface area contributed by atoms with Gasteiger partial charge in [-0.05, 0) is 88.6 Å². The number of methoxy groups -OCH3 is 1. The Bertz CT molecular complexity index is 901. The summed E-state index contributed by atoms with van der Waals surface area (Å²) >= 11 is 0. The first-order valence-electron chi connectivity index (χ1n) is 11.3. The minimum Gasteiger partial charge on any atom is -0.493 e. The Balaban J connectivity index is 1.39. The van der Waals surface area contributed by atoms with E-state index in [1.54, 1.807) is 7.11 Å². The van der Waals surface area contributed by atoms with E-state index in [0.717, 1.165) is 48.6 Å². The van der Waals surface area contributed by atoms with Gasteiger partial charge in [0.05, 0.1) is 19.2 Å². The van der Waals surface area contributed by atoms with Crippen molar-refractivity contribution < 1.29 is 9.47 Å². The van der Waals surface area contributed by atoms with Crippen LogP contribution in [0.5, 0.6) is 11.5 Å². The predicted octanol–water partition coefficient (Wildman–Crippen LogP) is 4.56. The third-order valence-electron chi connectivity index (χ3n) is 6.84. The number of rotatable bonds is 8. The van der Waals surface area contributed by atoms with E-state index in [0.29, 0.717) is 6.61 Å². The molecule has 3 aliphatic rings. The monoisotopic (exact) mass is 395 g/mol. The quantitative estimate of drug-likeness (QED) is 0.664. The molecule has 0 amide bonds. The number of likely N-dealkylation sites (tertiary alicyclic amines) is 1. The summed E-state index contributed by atoms with van der Waals surface area (Å²) in [6, 6.07) is 4.23. The van der Waals surface area contributed by atoms with E-state index >= 15 is 0 Å². The molecule has 5 heteroatoms. The molecule has 156 valence electrons. The fourth-order valence-electron chi connectivity index (χ4n) is 4.82. The van der Waals surface area contributed by atoms with Gasteiger partial charge in [-0.25, -0.2) is 4.98 Å². The topological polar surface area (TPSA) is 46.6 Å².